The van der Waals surface area contributed by atoms with Gasteiger partial charge in [0, 0.05) is 39.6 Å². The summed E-state index contributed by atoms with van der Waals surface area (Å²) in [4.78, 5) is 4.03. The van der Waals surface area contributed by atoms with Crippen molar-refractivity contribution in [2.75, 3.05) is 17.7 Å². The number of anilines is 2. The standard InChI is InChI=1S/C20H25Cl2N7O2/c1-12(30)26-18-8-16(21)6-4-14(18)10-24-28-20(23-3)29-25-11-15-5-7-17(22)9-19(15)27-13(2)31/h4-13,26-27,30-31H,1-3H3,(H2,23,28,29)/b24-10+,25-11+. The van der Waals surface area contributed by atoms with E-state index in [0.717, 1.165) is 0 Å². The van der Waals surface area contributed by atoms with Crippen LogP contribution in [0.2, 0.25) is 10.0 Å². The van der Waals surface area contributed by atoms with Crippen molar-refractivity contribution in [3.8, 4) is 0 Å². The molecule has 0 amide bonds. The van der Waals surface area contributed by atoms with Gasteiger partial charge in [-0.3, -0.25) is 4.99 Å². The summed E-state index contributed by atoms with van der Waals surface area (Å²) < 4.78 is 0. The van der Waals surface area contributed by atoms with Crippen molar-refractivity contribution in [3.63, 3.8) is 0 Å². The summed E-state index contributed by atoms with van der Waals surface area (Å²) in [6.07, 6.45) is 1.62. The number of nitrogens with zero attached hydrogens (tertiary/aromatic N) is 3. The second-order valence-electron chi connectivity index (χ2n) is 6.42. The molecule has 2 unspecified atom stereocenters. The minimum Gasteiger partial charge on any atom is -0.374 e. The average Bonchev–Trinajstić information content (AvgIpc) is 2.69. The van der Waals surface area contributed by atoms with Crippen molar-refractivity contribution >= 4 is 53.0 Å². The first-order chi connectivity index (χ1) is 14.8. The zero-order chi connectivity index (χ0) is 22.8. The predicted molar refractivity (Wildman–Crippen MR) is 128 cm³/mol. The number of aliphatic hydroxyl groups is 2. The van der Waals surface area contributed by atoms with Crippen molar-refractivity contribution < 1.29 is 10.2 Å². The lowest BCUT2D eigenvalue weighted by Gasteiger charge is -2.12. The van der Waals surface area contributed by atoms with Crippen LogP contribution in [0.15, 0.2) is 51.6 Å². The van der Waals surface area contributed by atoms with Crippen molar-refractivity contribution in [3.05, 3.63) is 57.6 Å². The number of rotatable bonds is 8. The Morgan fingerprint density at radius 2 is 1.26 bits per heavy atom. The van der Waals surface area contributed by atoms with Gasteiger partial charge in [0.25, 0.3) is 0 Å². The molecule has 0 saturated carbocycles. The van der Waals surface area contributed by atoms with E-state index in [2.05, 4.69) is 36.7 Å². The molecule has 0 aromatic heterocycles. The molecule has 2 rings (SSSR count). The van der Waals surface area contributed by atoms with Crippen LogP contribution in [0.1, 0.15) is 25.0 Å². The molecule has 0 heterocycles. The molecule has 31 heavy (non-hydrogen) atoms. The lowest BCUT2D eigenvalue weighted by molar-refractivity contribution is 0.224. The number of benzene rings is 2. The number of nitrogens with one attached hydrogen (secondary N) is 4. The minimum atomic E-state index is -0.747. The highest BCUT2D eigenvalue weighted by molar-refractivity contribution is 6.31. The zero-order valence-electron chi connectivity index (χ0n) is 17.3. The highest BCUT2D eigenvalue weighted by atomic mass is 35.5. The van der Waals surface area contributed by atoms with E-state index in [1.165, 1.54) is 0 Å². The molecule has 0 aliphatic carbocycles. The van der Waals surface area contributed by atoms with Crippen LogP contribution >= 0.6 is 23.2 Å². The van der Waals surface area contributed by atoms with Gasteiger partial charge in [-0.05, 0) is 50.2 Å². The Kier molecular flexibility index (Phi) is 9.54. The summed E-state index contributed by atoms with van der Waals surface area (Å²) >= 11 is 12.0. The summed E-state index contributed by atoms with van der Waals surface area (Å²) in [7, 11) is 1.58. The van der Waals surface area contributed by atoms with E-state index in [1.807, 2.05) is 0 Å². The molecule has 0 aliphatic heterocycles. The number of hydrogen-bond donors (Lipinski definition) is 6. The van der Waals surface area contributed by atoms with Gasteiger partial charge in [0.05, 0.1) is 12.4 Å². The normalized spacial score (nSPS) is 13.1. The van der Waals surface area contributed by atoms with Crippen LogP contribution < -0.4 is 21.5 Å². The van der Waals surface area contributed by atoms with Gasteiger partial charge in [0.2, 0.25) is 5.96 Å². The molecular weight excluding hydrogens is 441 g/mol. The second kappa shape index (κ2) is 12.1. The van der Waals surface area contributed by atoms with Crippen LogP contribution in [0.5, 0.6) is 0 Å². The maximum atomic E-state index is 9.56. The first-order valence-corrected chi connectivity index (χ1v) is 10.1. The van der Waals surface area contributed by atoms with Gasteiger partial charge in [-0.1, -0.05) is 23.2 Å². The molecule has 0 saturated heterocycles. The molecule has 11 heteroatoms. The molecule has 2 aromatic rings. The van der Waals surface area contributed by atoms with E-state index >= 15 is 0 Å². The topological polar surface area (TPSA) is 126 Å². The molecule has 2 aromatic carbocycles. The van der Waals surface area contributed by atoms with E-state index in [1.54, 1.807) is 69.7 Å². The van der Waals surface area contributed by atoms with E-state index < -0.39 is 12.5 Å². The number of aliphatic hydroxyl groups excluding tert-OH is 2. The summed E-state index contributed by atoms with van der Waals surface area (Å²) in [5.74, 6) is 0.297. The molecule has 0 fully saturated rings. The maximum absolute atomic E-state index is 9.56. The number of hydrogen-bond acceptors (Lipinski definition) is 7. The van der Waals surface area contributed by atoms with Gasteiger partial charge in [-0.15, -0.1) is 0 Å². The van der Waals surface area contributed by atoms with Gasteiger partial charge in [0.15, 0.2) is 0 Å². The highest BCUT2D eigenvalue weighted by Gasteiger charge is 2.05. The number of aliphatic imine (C=N–C) groups is 1. The Labute approximate surface area is 190 Å². The Bertz CT molecular complexity index is 889. The average molecular weight is 466 g/mol. The molecule has 9 nitrogen and oxygen atoms in total. The Morgan fingerprint density at radius 3 is 1.61 bits per heavy atom. The largest absolute Gasteiger partial charge is 0.374 e. The Morgan fingerprint density at radius 1 is 0.839 bits per heavy atom. The van der Waals surface area contributed by atoms with Crippen LogP contribution in [0.4, 0.5) is 11.4 Å². The molecule has 0 bridgehead atoms. The monoisotopic (exact) mass is 465 g/mol. The van der Waals surface area contributed by atoms with Crippen LogP contribution in [-0.2, 0) is 0 Å². The molecule has 2 atom stereocenters. The quantitative estimate of drug-likeness (QED) is 0.154. The van der Waals surface area contributed by atoms with Crippen molar-refractivity contribution in [1.29, 1.82) is 0 Å². The molecule has 0 aliphatic rings. The summed E-state index contributed by atoms with van der Waals surface area (Å²) in [6.45, 7) is 3.21. The fraction of sp³-hybridized carbons (Fsp3) is 0.250. The lowest BCUT2D eigenvalue weighted by atomic mass is 10.2. The van der Waals surface area contributed by atoms with Crippen LogP contribution in [0, 0.1) is 0 Å². The van der Waals surface area contributed by atoms with Gasteiger partial charge in [-0.2, -0.15) is 10.2 Å². The first kappa shape index (κ1) is 24.4. The van der Waals surface area contributed by atoms with Crippen molar-refractivity contribution in [2.45, 2.75) is 26.3 Å². The fourth-order valence-electron chi connectivity index (χ4n) is 2.43. The highest BCUT2D eigenvalue weighted by Crippen LogP contribution is 2.21. The summed E-state index contributed by atoms with van der Waals surface area (Å²) in [5, 5.41) is 34.2. The molecule has 166 valence electrons. The Balaban J connectivity index is 2.03. The third-order valence-corrected chi connectivity index (χ3v) is 4.20. The van der Waals surface area contributed by atoms with E-state index in [9.17, 15) is 10.2 Å². The molecule has 0 spiro atoms. The lowest BCUT2D eigenvalue weighted by Crippen LogP contribution is -2.30. The Hall–Kier alpha value is -2.85. The number of guanidine groups is 1. The minimum absolute atomic E-state index is 0.297. The third kappa shape index (κ3) is 8.42. The smallest absolute Gasteiger partial charge is 0.232 e. The number of hydrazone groups is 2. The first-order valence-electron chi connectivity index (χ1n) is 9.31. The van der Waals surface area contributed by atoms with Gasteiger partial charge < -0.3 is 20.8 Å². The molecule has 0 radical (unpaired) electrons. The van der Waals surface area contributed by atoms with Crippen molar-refractivity contribution in [2.24, 2.45) is 15.2 Å². The van der Waals surface area contributed by atoms with Gasteiger partial charge in [0.1, 0.15) is 12.5 Å². The number of halogens is 2. The third-order valence-electron chi connectivity index (χ3n) is 3.73. The van der Waals surface area contributed by atoms with E-state index in [4.69, 9.17) is 23.2 Å². The maximum Gasteiger partial charge on any atom is 0.232 e. The summed E-state index contributed by atoms with van der Waals surface area (Å²) in [6, 6.07) is 10.4. The fourth-order valence-corrected chi connectivity index (χ4v) is 2.78. The second-order valence-corrected chi connectivity index (χ2v) is 7.29. The van der Waals surface area contributed by atoms with Gasteiger partial charge in [-0.25, -0.2) is 10.9 Å². The summed E-state index contributed by atoms with van der Waals surface area (Å²) in [5.41, 5.74) is 8.20. The predicted octanol–water partition coefficient (Wildman–Crippen LogP) is 3.03. The molecule has 6 N–H and O–H groups in total. The zero-order valence-corrected chi connectivity index (χ0v) is 18.8. The van der Waals surface area contributed by atoms with Crippen molar-refractivity contribution in [1.82, 2.24) is 10.9 Å². The van der Waals surface area contributed by atoms with E-state index in [0.29, 0.717) is 38.5 Å². The van der Waals surface area contributed by atoms with Crippen LogP contribution in [-0.4, -0.2) is 48.1 Å². The van der Waals surface area contributed by atoms with Crippen LogP contribution in [0.25, 0.3) is 0 Å². The van der Waals surface area contributed by atoms with Crippen LogP contribution in [0.3, 0.4) is 0 Å². The van der Waals surface area contributed by atoms with E-state index in [-0.39, 0.29) is 0 Å². The SMILES string of the molecule is CN=C(N/N=C/c1ccc(Cl)cc1NC(C)O)N/N=C/c1ccc(Cl)cc1NC(C)O. The molecular formula is C20H25Cl2N7O2. The van der Waals surface area contributed by atoms with Gasteiger partial charge >= 0.3 is 0 Å².